The first-order valence-electron chi connectivity index (χ1n) is 7.23. The first-order valence-corrected chi connectivity index (χ1v) is 7.61. The van der Waals surface area contributed by atoms with Gasteiger partial charge in [0.25, 0.3) is 0 Å². The summed E-state index contributed by atoms with van der Waals surface area (Å²) in [7, 11) is 0. The monoisotopic (exact) mass is 303 g/mol. The van der Waals surface area contributed by atoms with E-state index in [1.54, 1.807) is 18.4 Å². The van der Waals surface area contributed by atoms with Crippen molar-refractivity contribution in [3.8, 4) is 0 Å². The molecule has 1 aliphatic rings. The Morgan fingerprint density at radius 2 is 2.19 bits per heavy atom. The van der Waals surface area contributed by atoms with Gasteiger partial charge in [-0.3, -0.25) is 9.69 Å². The minimum atomic E-state index is -0.180. The average Bonchev–Trinajstić information content (AvgIpc) is 3.20. The summed E-state index contributed by atoms with van der Waals surface area (Å²) < 4.78 is 5.42. The lowest BCUT2D eigenvalue weighted by Gasteiger charge is -2.27. The van der Waals surface area contributed by atoms with Gasteiger partial charge in [-0.15, -0.1) is 0 Å². The largest absolute Gasteiger partial charge is 0.468 e. The number of ketones is 1. The zero-order chi connectivity index (χ0) is 14.8. The number of hydrogen-bond acceptors (Lipinski definition) is 3. The second-order valence-electron chi connectivity index (χ2n) is 5.53. The fourth-order valence-corrected chi connectivity index (χ4v) is 2.79. The van der Waals surface area contributed by atoms with Gasteiger partial charge >= 0.3 is 0 Å². The molecule has 1 aromatic carbocycles. The maximum absolute atomic E-state index is 12.7. The molecule has 0 radical (unpaired) electrons. The number of carbonyl (C=O) groups is 1. The van der Waals surface area contributed by atoms with E-state index in [1.165, 1.54) is 0 Å². The number of nitrogens with zero attached hydrogens (tertiary/aromatic N) is 1. The number of Topliss-reactive ketones (excluding diaryl/α,β-unsaturated/α-hetero) is 1. The fourth-order valence-electron chi connectivity index (χ4n) is 2.60. The predicted molar refractivity (Wildman–Crippen MR) is 82.5 cm³/mol. The van der Waals surface area contributed by atoms with Crippen LogP contribution in [0.1, 0.15) is 35.9 Å². The summed E-state index contributed by atoms with van der Waals surface area (Å²) >= 11 is 5.98. The lowest BCUT2D eigenvalue weighted by molar-refractivity contribution is 0.0803. The van der Waals surface area contributed by atoms with Crippen LogP contribution in [0.15, 0.2) is 47.1 Å². The molecule has 0 spiro atoms. The summed E-state index contributed by atoms with van der Waals surface area (Å²) in [6.07, 6.45) is 3.96. The molecule has 1 fully saturated rings. The fraction of sp³-hybridized carbons (Fsp3) is 0.353. The van der Waals surface area contributed by atoms with Crippen LogP contribution in [-0.2, 0) is 6.54 Å². The molecule has 1 atom stereocenters. The van der Waals surface area contributed by atoms with Crippen molar-refractivity contribution in [2.75, 3.05) is 0 Å². The normalized spacial score (nSPS) is 16.1. The molecule has 0 N–H and O–H groups in total. The van der Waals surface area contributed by atoms with E-state index in [-0.39, 0.29) is 11.8 Å². The Morgan fingerprint density at radius 3 is 2.81 bits per heavy atom. The van der Waals surface area contributed by atoms with E-state index in [2.05, 4.69) is 4.90 Å². The molecule has 1 aliphatic carbocycles. The SMILES string of the molecule is CC(C(=O)c1cccc(Cl)c1)N(Cc1ccco1)C1CC1. The highest BCUT2D eigenvalue weighted by atomic mass is 35.5. The van der Waals surface area contributed by atoms with Gasteiger partial charge < -0.3 is 4.42 Å². The predicted octanol–water partition coefficient (Wildman–Crippen LogP) is 4.17. The van der Waals surface area contributed by atoms with Crippen molar-refractivity contribution in [2.24, 2.45) is 0 Å². The summed E-state index contributed by atoms with van der Waals surface area (Å²) in [4.78, 5) is 14.9. The van der Waals surface area contributed by atoms with E-state index in [0.717, 1.165) is 18.6 Å². The minimum absolute atomic E-state index is 0.107. The molecular formula is C17H18ClNO2. The first-order chi connectivity index (χ1) is 10.1. The van der Waals surface area contributed by atoms with Crippen LogP contribution < -0.4 is 0 Å². The number of rotatable bonds is 6. The molecule has 4 heteroatoms. The third-order valence-corrected chi connectivity index (χ3v) is 4.16. The van der Waals surface area contributed by atoms with Gasteiger partial charge in [0.05, 0.1) is 18.8 Å². The third-order valence-electron chi connectivity index (χ3n) is 3.92. The molecule has 3 nitrogen and oxygen atoms in total. The molecule has 1 aromatic heterocycles. The van der Waals surface area contributed by atoms with Gasteiger partial charge in [0, 0.05) is 16.6 Å². The topological polar surface area (TPSA) is 33.5 Å². The minimum Gasteiger partial charge on any atom is -0.468 e. The second kappa shape index (κ2) is 6.04. The lowest BCUT2D eigenvalue weighted by atomic mass is 10.0. The van der Waals surface area contributed by atoms with E-state index in [4.69, 9.17) is 16.0 Å². The van der Waals surface area contributed by atoms with E-state index < -0.39 is 0 Å². The lowest BCUT2D eigenvalue weighted by Crippen LogP contribution is -2.40. The first kappa shape index (κ1) is 14.4. The van der Waals surface area contributed by atoms with Crippen molar-refractivity contribution in [3.63, 3.8) is 0 Å². The molecule has 21 heavy (non-hydrogen) atoms. The van der Waals surface area contributed by atoms with Crippen LogP contribution >= 0.6 is 11.6 Å². The number of carbonyl (C=O) groups excluding carboxylic acids is 1. The Morgan fingerprint density at radius 1 is 1.38 bits per heavy atom. The van der Waals surface area contributed by atoms with Gasteiger partial charge in [0.1, 0.15) is 5.76 Å². The smallest absolute Gasteiger partial charge is 0.179 e. The maximum atomic E-state index is 12.7. The molecule has 0 saturated heterocycles. The van der Waals surface area contributed by atoms with Crippen molar-refractivity contribution < 1.29 is 9.21 Å². The van der Waals surface area contributed by atoms with E-state index in [0.29, 0.717) is 23.2 Å². The van der Waals surface area contributed by atoms with Crippen molar-refractivity contribution in [2.45, 2.75) is 38.4 Å². The van der Waals surface area contributed by atoms with Gasteiger partial charge in [-0.05, 0) is 44.0 Å². The van der Waals surface area contributed by atoms with Crippen molar-refractivity contribution in [3.05, 3.63) is 59.0 Å². The van der Waals surface area contributed by atoms with Crippen molar-refractivity contribution >= 4 is 17.4 Å². The molecule has 0 amide bonds. The molecule has 0 aliphatic heterocycles. The molecule has 2 aromatic rings. The summed E-state index contributed by atoms with van der Waals surface area (Å²) in [6.45, 7) is 2.63. The van der Waals surface area contributed by atoms with Gasteiger partial charge in [0.2, 0.25) is 0 Å². The molecule has 0 bridgehead atoms. The standard InChI is InChI=1S/C17H18ClNO2/c1-12(17(20)13-4-2-5-14(18)10-13)19(15-7-8-15)11-16-6-3-9-21-16/h2-6,9-10,12,15H,7-8,11H2,1H3. The zero-order valence-corrected chi connectivity index (χ0v) is 12.7. The zero-order valence-electron chi connectivity index (χ0n) is 12.0. The maximum Gasteiger partial charge on any atom is 0.179 e. The quantitative estimate of drug-likeness (QED) is 0.751. The van der Waals surface area contributed by atoms with Gasteiger partial charge in [-0.25, -0.2) is 0 Å². The van der Waals surface area contributed by atoms with E-state index >= 15 is 0 Å². The van der Waals surface area contributed by atoms with Gasteiger partial charge in [0.15, 0.2) is 5.78 Å². The van der Waals surface area contributed by atoms with Crippen LogP contribution in [0.5, 0.6) is 0 Å². The Bertz CT molecular complexity index is 619. The highest BCUT2D eigenvalue weighted by Crippen LogP contribution is 2.31. The van der Waals surface area contributed by atoms with Crippen molar-refractivity contribution in [1.82, 2.24) is 4.90 Å². The Labute approximate surface area is 129 Å². The van der Waals surface area contributed by atoms with Crippen LogP contribution in [0.4, 0.5) is 0 Å². The average molecular weight is 304 g/mol. The van der Waals surface area contributed by atoms with E-state index in [9.17, 15) is 4.79 Å². The molecular weight excluding hydrogens is 286 g/mol. The Hall–Kier alpha value is -1.58. The molecule has 1 unspecified atom stereocenters. The molecule has 3 rings (SSSR count). The van der Waals surface area contributed by atoms with Crippen LogP contribution in [0.2, 0.25) is 5.02 Å². The molecule has 1 saturated carbocycles. The Kier molecular flexibility index (Phi) is 4.13. The number of furan rings is 1. The van der Waals surface area contributed by atoms with Crippen molar-refractivity contribution in [1.29, 1.82) is 0 Å². The van der Waals surface area contributed by atoms with Gasteiger partial charge in [-0.2, -0.15) is 0 Å². The summed E-state index contributed by atoms with van der Waals surface area (Å²) in [5.41, 5.74) is 0.667. The summed E-state index contributed by atoms with van der Waals surface area (Å²) in [6, 6.07) is 11.3. The highest BCUT2D eigenvalue weighted by molar-refractivity contribution is 6.31. The summed E-state index contributed by atoms with van der Waals surface area (Å²) in [5.74, 6) is 1.00. The highest BCUT2D eigenvalue weighted by Gasteiger charge is 2.35. The number of hydrogen-bond donors (Lipinski definition) is 0. The van der Waals surface area contributed by atoms with Crippen LogP contribution in [-0.4, -0.2) is 22.8 Å². The van der Waals surface area contributed by atoms with E-state index in [1.807, 2.05) is 31.2 Å². The molecule has 1 heterocycles. The Balaban J connectivity index is 1.77. The van der Waals surface area contributed by atoms with Crippen LogP contribution in [0, 0.1) is 0 Å². The van der Waals surface area contributed by atoms with Gasteiger partial charge in [-0.1, -0.05) is 23.7 Å². The number of halogens is 1. The van der Waals surface area contributed by atoms with Crippen LogP contribution in [0.25, 0.3) is 0 Å². The van der Waals surface area contributed by atoms with Crippen LogP contribution in [0.3, 0.4) is 0 Å². The second-order valence-corrected chi connectivity index (χ2v) is 5.97. The third kappa shape index (κ3) is 3.36. The molecule has 110 valence electrons. The number of benzene rings is 1. The summed E-state index contributed by atoms with van der Waals surface area (Å²) in [5, 5.41) is 0.594.